The van der Waals surface area contributed by atoms with Gasteiger partial charge in [0.2, 0.25) is 5.91 Å². The van der Waals surface area contributed by atoms with Crippen LogP contribution in [0.3, 0.4) is 0 Å². The van der Waals surface area contributed by atoms with Gasteiger partial charge in [0.05, 0.1) is 18.0 Å². The van der Waals surface area contributed by atoms with Gasteiger partial charge in [-0.2, -0.15) is 0 Å². The average Bonchev–Trinajstić information content (AvgIpc) is 3.50. The Morgan fingerprint density at radius 2 is 1.91 bits per heavy atom. The van der Waals surface area contributed by atoms with Crippen LogP contribution in [0, 0.1) is 11.3 Å². The van der Waals surface area contributed by atoms with Crippen LogP contribution in [0.4, 0.5) is 0 Å². The maximum atomic E-state index is 13.3. The van der Waals surface area contributed by atoms with Crippen LogP contribution in [0.5, 0.6) is 0 Å². The Hall–Kier alpha value is -2.94. The predicted molar refractivity (Wildman–Crippen MR) is 135 cm³/mol. The first-order valence-electron chi connectivity index (χ1n) is 12.3. The SMILES string of the molecule is CC(C)(C)C1CCc2c(sc3ncn(CCC(=O)N4CCN(C(=O)c5ccco5)CC4)c(=O)c23)C1. The summed E-state index contributed by atoms with van der Waals surface area (Å²) in [6.07, 6.45) is 6.31. The van der Waals surface area contributed by atoms with Crippen LogP contribution >= 0.6 is 11.3 Å². The third-order valence-electron chi connectivity index (χ3n) is 7.48. The summed E-state index contributed by atoms with van der Waals surface area (Å²) in [7, 11) is 0. The second kappa shape index (κ2) is 9.26. The second-order valence-corrected chi connectivity index (χ2v) is 11.7. The number of carbonyl (C=O) groups excluding carboxylic acids is 2. The lowest BCUT2D eigenvalue weighted by molar-refractivity contribution is -0.132. The normalized spacial score (nSPS) is 18.7. The molecule has 2 aliphatic rings. The van der Waals surface area contributed by atoms with Crippen molar-refractivity contribution in [3.63, 3.8) is 0 Å². The van der Waals surface area contributed by atoms with Gasteiger partial charge in [-0.1, -0.05) is 20.8 Å². The van der Waals surface area contributed by atoms with Gasteiger partial charge in [0.25, 0.3) is 11.5 Å². The summed E-state index contributed by atoms with van der Waals surface area (Å²) in [6.45, 7) is 9.06. The molecular formula is C26H32N4O4S. The van der Waals surface area contributed by atoms with Crippen LogP contribution < -0.4 is 5.56 Å². The summed E-state index contributed by atoms with van der Waals surface area (Å²) >= 11 is 1.65. The van der Waals surface area contributed by atoms with Crippen molar-refractivity contribution in [2.75, 3.05) is 26.2 Å². The minimum absolute atomic E-state index is 0.0116. The lowest BCUT2D eigenvalue weighted by Crippen LogP contribution is -2.50. The molecule has 1 saturated heterocycles. The molecule has 1 atom stereocenters. The van der Waals surface area contributed by atoms with Crippen molar-refractivity contribution >= 4 is 33.4 Å². The number of carbonyl (C=O) groups is 2. The largest absolute Gasteiger partial charge is 0.459 e. The van der Waals surface area contributed by atoms with Crippen LogP contribution in [0.2, 0.25) is 0 Å². The summed E-state index contributed by atoms with van der Waals surface area (Å²) in [4.78, 5) is 48.7. The molecule has 1 unspecified atom stereocenters. The van der Waals surface area contributed by atoms with Crippen molar-refractivity contribution in [3.8, 4) is 0 Å². The van der Waals surface area contributed by atoms with Crippen molar-refractivity contribution in [3.05, 3.63) is 51.3 Å². The second-order valence-electron chi connectivity index (χ2n) is 10.6. The fraction of sp³-hybridized carbons (Fsp3) is 0.538. The van der Waals surface area contributed by atoms with Crippen molar-refractivity contribution in [2.45, 2.75) is 53.0 Å². The maximum absolute atomic E-state index is 13.3. The van der Waals surface area contributed by atoms with Gasteiger partial charge in [0.1, 0.15) is 4.83 Å². The Morgan fingerprint density at radius 1 is 1.17 bits per heavy atom. The monoisotopic (exact) mass is 496 g/mol. The van der Waals surface area contributed by atoms with Gasteiger partial charge in [-0.25, -0.2) is 4.98 Å². The number of rotatable bonds is 4. The number of thiophene rings is 1. The molecule has 3 aromatic rings. The molecule has 5 rings (SSSR count). The topological polar surface area (TPSA) is 88.7 Å². The smallest absolute Gasteiger partial charge is 0.289 e. The van der Waals surface area contributed by atoms with Gasteiger partial charge in [0, 0.05) is 44.0 Å². The molecule has 0 saturated carbocycles. The zero-order valence-electron chi connectivity index (χ0n) is 20.6. The molecule has 1 aliphatic heterocycles. The Balaban J connectivity index is 1.22. The number of aryl methyl sites for hydroxylation is 2. The molecule has 0 spiro atoms. The Bertz CT molecular complexity index is 1290. The molecule has 2 amide bonds. The highest BCUT2D eigenvalue weighted by Gasteiger charge is 2.32. The van der Waals surface area contributed by atoms with E-state index in [-0.39, 0.29) is 29.2 Å². The molecule has 0 N–H and O–H groups in total. The van der Waals surface area contributed by atoms with E-state index in [4.69, 9.17) is 4.42 Å². The van der Waals surface area contributed by atoms with Gasteiger partial charge in [-0.15, -0.1) is 11.3 Å². The van der Waals surface area contributed by atoms with Crippen molar-refractivity contribution in [1.82, 2.24) is 19.4 Å². The van der Waals surface area contributed by atoms with Crippen molar-refractivity contribution < 1.29 is 14.0 Å². The standard InChI is InChI=1S/C26H32N4O4S/c1-26(2,3)17-6-7-18-20(15-17)35-23-22(18)25(33)30(16-27-23)9-8-21(31)28-10-12-29(13-11-28)24(32)19-5-4-14-34-19/h4-5,14,16-17H,6-13,15H2,1-3H3. The molecule has 9 heteroatoms. The summed E-state index contributed by atoms with van der Waals surface area (Å²) in [5, 5.41) is 0.748. The quantitative estimate of drug-likeness (QED) is 0.551. The number of amides is 2. The minimum Gasteiger partial charge on any atom is -0.459 e. The predicted octanol–water partition coefficient (Wildman–Crippen LogP) is 3.58. The van der Waals surface area contributed by atoms with E-state index in [1.807, 2.05) is 0 Å². The number of fused-ring (bicyclic) bond motifs is 3. The number of furan rings is 1. The molecule has 35 heavy (non-hydrogen) atoms. The summed E-state index contributed by atoms with van der Waals surface area (Å²) < 4.78 is 6.77. The minimum atomic E-state index is -0.152. The van der Waals surface area contributed by atoms with E-state index in [9.17, 15) is 14.4 Å². The summed E-state index contributed by atoms with van der Waals surface area (Å²) in [5.74, 6) is 0.762. The van der Waals surface area contributed by atoms with E-state index >= 15 is 0 Å². The van der Waals surface area contributed by atoms with Gasteiger partial charge in [-0.3, -0.25) is 19.0 Å². The summed E-state index contributed by atoms with van der Waals surface area (Å²) in [6, 6.07) is 3.34. The highest BCUT2D eigenvalue weighted by Crippen LogP contribution is 2.41. The lowest BCUT2D eigenvalue weighted by atomic mass is 9.72. The van der Waals surface area contributed by atoms with E-state index in [0.29, 0.717) is 44.4 Å². The fourth-order valence-corrected chi connectivity index (χ4v) is 6.45. The molecule has 0 aromatic carbocycles. The molecule has 3 aromatic heterocycles. The molecule has 1 aliphatic carbocycles. The zero-order chi connectivity index (χ0) is 24.7. The van der Waals surface area contributed by atoms with E-state index in [1.165, 1.54) is 16.7 Å². The van der Waals surface area contributed by atoms with Crippen LogP contribution in [0.1, 0.15) is 54.6 Å². The lowest BCUT2D eigenvalue weighted by Gasteiger charge is -2.34. The zero-order valence-corrected chi connectivity index (χ0v) is 21.4. The highest BCUT2D eigenvalue weighted by atomic mass is 32.1. The molecule has 186 valence electrons. The van der Waals surface area contributed by atoms with Gasteiger partial charge in [-0.05, 0) is 48.3 Å². The van der Waals surface area contributed by atoms with Crippen LogP contribution in [0.25, 0.3) is 10.2 Å². The average molecular weight is 497 g/mol. The first-order chi connectivity index (χ1) is 16.7. The first-order valence-corrected chi connectivity index (χ1v) is 13.1. The Morgan fingerprint density at radius 3 is 2.60 bits per heavy atom. The molecule has 0 radical (unpaired) electrons. The maximum Gasteiger partial charge on any atom is 0.289 e. The van der Waals surface area contributed by atoms with Gasteiger partial charge < -0.3 is 14.2 Å². The van der Waals surface area contributed by atoms with E-state index in [2.05, 4.69) is 25.8 Å². The van der Waals surface area contributed by atoms with E-state index in [1.54, 1.807) is 44.2 Å². The first kappa shape index (κ1) is 23.8. The van der Waals surface area contributed by atoms with Gasteiger partial charge in [0.15, 0.2) is 5.76 Å². The fourth-order valence-electron chi connectivity index (χ4n) is 5.19. The number of aromatic nitrogens is 2. The van der Waals surface area contributed by atoms with Crippen molar-refractivity contribution in [2.24, 2.45) is 11.3 Å². The van der Waals surface area contributed by atoms with E-state index in [0.717, 1.165) is 29.5 Å². The third-order valence-corrected chi connectivity index (χ3v) is 8.64. The van der Waals surface area contributed by atoms with Crippen LogP contribution in [-0.2, 0) is 24.2 Å². The number of piperazine rings is 1. The number of hydrogen-bond donors (Lipinski definition) is 0. The highest BCUT2D eigenvalue weighted by molar-refractivity contribution is 7.18. The molecule has 8 nitrogen and oxygen atoms in total. The Kier molecular flexibility index (Phi) is 6.29. The number of nitrogens with zero attached hydrogens (tertiary/aromatic N) is 4. The number of hydrogen-bond acceptors (Lipinski definition) is 6. The third kappa shape index (κ3) is 4.66. The molecular weight excluding hydrogens is 464 g/mol. The molecule has 1 fully saturated rings. The van der Waals surface area contributed by atoms with Crippen LogP contribution in [0.15, 0.2) is 33.9 Å². The van der Waals surface area contributed by atoms with Crippen LogP contribution in [-0.4, -0.2) is 57.3 Å². The summed E-state index contributed by atoms with van der Waals surface area (Å²) in [5.41, 5.74) is 1.38. The Labute approximate surface area is 208 Å². The van der Waals surface area contributed by atoms with Gasteiger partial charge >= 0.3 is 0 Å². The van der Waals surface area contributed by atoms with Crippen molar-refractivity contribution in [1.29, 1.82) is 0 Å². The molecule has 0 bridgehead atoms. The molecule has 4 heterocycles. The van der Waals surface area contributed by atoms with E-state index < -0.39 is 0 Å².